The van der Waals surface area contributed by atoms with Crippen molar-refractivity contribution in [3.63, 3.8) is 0 Å². The van der Waals surface area contributed by atoms with Gasteiger partial charge < -0.3 is 4.74 Å². The Kier molecular flexibility index (Phi) is 5.86. The molecule has 6 heteroatoms. The smallest absolute Gasteiger partial charge is 0.280 e. The second kappa shape index (κ2) is 7.98. The van der Waals surface area contributed by atoms with Crippen molar-refractivity contribution in [1.82, 2.24) is 0 Å². The van der Waals surface area contributed by atoms with E-state index in [1.54, 1.807) is 0 Å². The second-order valence-electron chi connectivity index (χ2n) is 6.37. The average Bonchev–Trinajstić information content (AvgIpc) is 2.88. The highest BCUT2D eigenvalue weighted by molar-refractivity contribution is 9.11. The Labute approximate surface area is 176 Å². The lowest BCUT2D eigenvalue weighted by molar-refractivity contribution is -0.114. The number of hydrazone groups is 1. The summed E-state index contributed by atoms with van der Waals surface area (Å²) in [5, 5.41) is 5.94. The van der Waals surface area contributed by atoms with Crippen LogP contribution in [-0.2, 0) is 4.79 Å². The molecule has 1 aliphatic rings. The third kappa shape index (κ3) is 4.01. The third-order valence-electron chi connectivity index (χ3n) is 4.42. The maximum absolute atomic E-state index is 13.0. The Balaban J connectivity index is 2.03. The monoisotopic (exact) mass is 490 g/mol. The Morgan fingerprint density at radius 1 is 1.11 bits per heavy atom. The van der Waals surface area contributed by atoms with E-state index in [1.807, 2.05) is 64.1 Å². The van der Waals surface area contributed by atoms with Crippen molar-refractivity contribution < 1.29 is 9.53 Å². The summed E-state index contributed by atoms with van der Waals surface area (Å²) in [6.45, 7) is 8.38. The summed E-state index contributed by atoms with van der Waals surface area (Å²) in [4.78, 5) is 13.0. The molecule has 0 saturated carbocycles. The van der Waals surface area contributed by atoms with Gasteiger partial charge in [-0.3, -0.25) is 4.79 Å². The number of halogens is 2. The van der Waals surface area contributed by atoms with Crippen molar-refractivity contribution in [2.75, 3.05) is 11.6 Å². The van der Waals surface area contributed by atoms with Crippen molar-refractivity contribution >= 4 is 55.2 Å². The fourth-order valence-electron chi connectivity index (χ4n) is 2.86. The first-order chi connectivity index (χ1) is 12.8. The molecule has 3 rings (SSSR count). The molecular weight excluding hydrogens is 472 g/mol. The van der Waals surface area contributed by atoms with Crippen LogP contribution in [0.2, 0.25) is 0 Å². The minimum Gasteiger partial charge on any atom is -0.492 e. The number of benzene rings is 2. The molecule has 27 heavy (non-hydrogen) atoms. The topological polar surface area (TPSA) is 41.9 Å². The molecule has 0 N–H and O–H groups in total. The molecule has 2 aromatic rings. The molecule has 0 aliphatic carbocycles. The van der Waals surface area contributed by atoms with E-state index in [4.69, 9.17) is 4.74 Å². The third-order valence-corrected chi connectivity index (χ3v) is 5.47. The number of rotatable bonds is 4. The van der Waals surface area contributed by atoms with Gasteiger partial charge in [-0.05, 0) is 85.1 Å². The van der Waals surface area contributed by atoms with Crippen LogP contribution in [0.15, 0.2) is 50.0 Å². The molecule has 1 heterocycles. The van der Waals surface area contributed by atoms with Gasteiger partial charge in [0.1, 0.15) is 5.75 Å². The maximum Gasteiger partial charge on any atom is 0.280 e. The Morgan fingerprint density at radius 2 is 1.85 bits per heavy atom. The molecule has 140 valence electrons. The highest BCUT2D eigenvalue weighted by atomic mass is 79.9. The SMILES string of the molecule is CCOc1c(Br)cc(Br)cc1/C=C1\C(=O)N(c2ccc(C)c(C)c2)N=C1C. The van der Waals surface area contributed by atoms with Gasteiger partial charge in [0.15, 0.2) is 0 Å². The zero-order valence-corrected chi connectivity index (χ0v) is 18.8. The molecule has 1 amide bonds. The molecule has 4 nitrogen and oxygen atoms in total. The molecule has 0 atom stereocenters. The lowest BCUT2D eigenvalue weighted by atomic mass is 10.1. The molecule has 0 fully saturated rings. The van der Waals surface area contributed by atoms with Crippen molar-refractivity contribution in [1.29, 1.82) is 0 Å². The van der Waals surface area contributed by atoms with Crippen molar-refractivity contribution in [2.45, 2.75) is 27.7 Å². The number of aryl methyl sites for hydroxylation is 2. The highest BCUT2D eigenvalue weighted by Crippen LogP contribution is 2.35. The van der Waals surface area contributed by atoms with Crippen molar-refractivity contribution in [3.05, 3.63) is 61.5 Å². The van der Waals surface area contributed by atoms with E-state index in [-0.39, 0.29) is 5.91 Å². The molecule has 0 saturated heterocycles. The summed E-state index contributed by atoms with van der Waals surface area (Å²) in [5.74, 6) is 0.563. The maximum atomic E-state index is 13.0. The van der Waals surface area contributed by atoms with Gasteiger partial charge in [-0.2, -0.15) is 10.1 Å². The minimum absolute atomic E-state index is 0.144. The van der Waals surface area contributed by atoms with Crippen LogP contribution < -0.4 is 9.75 Å². The van der Waals surface area contributed by atoms with Crippen LogP contribution in [0.4, 0.5) is 5.69 Å². The summed E-state index contributed by atoms with van der Waals surface area (Å²) >= 11 is 7.03. The first kappa shape index (κ1) is 19.8. The van der Waals surface area contributed by atoms with Gasteiger partial charge in [0.25, 0.3) is 5.91 Å². The number of amides is 1. The molecule has 2 aromatic carbocycles. The van der Waals surface area contributed by atoms with E-state index >= 15 is 0 Å². The lowest BCUT2D eigenvalue weighted by Crippen LogP contribution is -2.21. The second-order valence-corrected chi connectivity index (χ2v) is 8.14. The summed E-state index contributed by atoms with van der Waals surface area (Å²) in [5.41, 5.74) is 5.13. The molecule has 1 aliphatic heterocycles. The van der Waals surface area contributed by atoms with Gasteiger partial charge in [0.2, 0.25) is 0 Å². The molecule has 0 aromatic heterocycles. The molecule has 0 unspecified atom stereocenters. The summed E-state index contributed by atoms with van der Waals surface area (Å²) in [6, 6.07) is 9.76. The average molecular weight is 492 g/mol. The fourth-order valence-corrected chi connectivity index (χ4v) is 4.23. The van der Waals surface area contributed by atoms with Crippen LogP contribution in [0, 0.1) is 13.8 Å². The quantitative estimate of drug-likeness (QED) is 0.489. The zero-order valence-electron chi connectivity index (χ0n) is 15.6. The standard InChI is InChI=1S/C21H20Br2N2O2/c1-5-27-20-15(9-16(22)11-19(20)23)10-18-14(4)24-25(21(18)26)17-7-6-12(2)13(3)8-17/h6-11H,5H2,1-4H3/b18-10-. The first-order valence-corrected chi connectivity index (χ1v) is 10.2. The summed E-state index contributed by atoms with van der Waals surface area (Å²) < 4.78 is 7.50. The Bertz CT molecular complexity index is 980. The Hall–Kier alpha value is -1.92. The van der Waals surface area contributed by atoms with Crippen LogP contribution in [0.3, 0.4) is 0 Å². The van der Waals surface area contributed by atoms with Crippen LogP contribution in [0.5, 0.6) is 5.75 Å². The van der Waals surface area contributed by atoms with E-state index < -0.39 is 0 Å². The lowest BCUT2D eigenvalue weighted by Gasteiger charge is -2.14. The fraction of sp³-hybridized carbons (Fsp3) is 0.238. The van der Waals surface area contributed by atoms with Gasteiger partial charge in [0.05, 0.1) is 28.1 Å². The van der Waals surface area contributed by atoms with E-state index in [0.717, 1.165) is 25.8 Å². The van der Waals surface area contributed by atoms with E-state index in [2.05, 4.69) is 37.0 Å². The predicted octanol–water partition coefficient (Wildman–Crippen LogP) is 6.03. The van der Waals surface area contributed by atoms with E-state index in [0.29, 0.717) is 23.6 Å². The molecular formula is C21H20Br2N2O2. The summed E-state index contributed by atoms with van der Waals surface area (Å²) in [7, 11) is 0. The number of anilines is 1. The number of carbonyl (C=O) groups is 1. The van der Waals surface area contributed by atoms with Gasteiger partial charge in [-0.15, -0.1) is 0 Å². The number of ether oxygens (including phenoxy) is 1. The van der Waals surface area contributed by atoms with Crippen LogP contribution in [-0.4, -0.2) is 18.2 Å². The molecule has 0 spiro atoms. The van der Waals surface area contributed by atoms with E-state index in [9.17, 15) is 4.79 Å². The minimum atomic E-state index is -0.144. The number of hydrogen-bond donors (Lipinski definition) is 0. The largest absolute Gasteiger partial charge is 0.492 e. The van der Waals surface area contributed by atoms with Gasteiger partial charge in [-0.25, -0.2) is 0 Å². The van der Waals surface area contributed by atoms with Gasteiger partial charge in [0, 0.05) is 10.0 Å². The summed E-state index contributed by atoms with van der Waals surface area (Å²) in [6.07, 6.45) is 1.84. The van der Waals surface area contributed by atoms with Crippen molar-refractivity contribution in [2.24, 2.45) is 5.10 Å². The predicted molar refractivity (Wildman–Crippen MR) is 117 cm³/mol. The zero-order chi connectivity index (χ0) is 19.7. The Morgan fingerprint density at radius 3 is 2.52 bits per heavy atom. The van der Waals surface area contributed by atoms with Crippen LogP contribution in [0.25, 0.3) is 6.08 Å². The number of carbonyl (C=O) groups excluding carboxylic acids is 1. The van der Waals surface area contributed by atoms with Crippen LogP contribution in [0.1, 0.15) is 30.5 Å². The normalized spacial score (nSPS) is 15.5. The highest BCUT2D eigenvalue weighted by Gasteiger charge is 2.29. The van der Waals surface area contributed by atoms with Gasteiger partial charge >= 0.3 is 0 Å². The molecule has 0 bridgehead atoms. The molecule has 0 radical (unpaired) electrons. The van der Waals surface area contributed by atoms with Crippen molar-refractivity contribution in [3.8, 4) is 5.75 Å². The number of nitrogens with zero attached hydrogens (tertiary/aromatic N) is 2. The first-order valence-electron chi connectivity index (χ1n) is 8.62. The van der Waals surface area contributed by atoms with Gasteiger partial charge in [-0.1, -0.05) is 22.0 Å². The van der Waals surface area contributed by atoms with E-state index in [1.165, 1.54) is 10.6 Å². The van der Waals surface area contributed by atoms with Crippen LogP contribution >= 0.6 is 31.9 Å². The number of hydrogen-bond acceptors (Lipinski definition) is 3.